The van der Waals surface area contributed by atoms with E-state index < -0.39 is 0 Å². The van der Waals surface area contributed by atoms with Crippen molar-refractivity contribution in [2.24, 2.45) is 5.73 Å². The predicted molar refractivity (Wildman–Crippen MR) is 163 cm³/mol. The minimum absolute atomic E-state index is 0.168. The van der Waals surface area contributed by atoms with Crippen LogP contribution in [0.15, 0.2) is 61.2 Å². The summed E-state index contributed by atoms with van der Waals surface area (Å²) in [4.78, 5) is 25.9. The quantitative estimate of drug-likeness (QED) is 0.217. The van der Waals surface area contributed by atoms with Crippen LogP contribution in [0.5, 0.6) is 0 Å². The number of nitrogens with one attached hydrogen (secondary N) is 3. The molecule has 1 aromatic carbocycles. The highest BCUT2D eigenvalue weighted by Gasteiger charge is 2.25. The van der Waals surface area contributed by atoms with Gasteiger partial charge >= 0.3 is 0 Å². The van der Waals surface area contributed by atoms with Crippen molar-refractivity contribution >= 4 is 33.6 Å². The van der Waals surface area contributed by atoms with E-state index in [4.69, 9.17) is 10.7 Å². The van der Waals surface area contributed by atoms with Crippen molar-refractivity contribution in [2.75, 3.05) is 50.5 Å². The van der Waals surface area contributed by atoms with Crippen LogP contribution in [0, 0.1) is 5.82 Å². The van der Waals surface area contributed by atoms with Gasteiger partial charge < -0.3 is 25.8 Å². The Labute approximate surface area is 241 Å². The summed E-state index contributed by atoms with van der Waals surface area (Å²) in [6, 6.07) is 11.1. The lowest BCUT2D eigenvalue weighted by molar-refractivity contribution is 0.425. The van der Waals surface area contributed by atoms with Gasteiger partial charge in [-0.15, -0.1) is 0 Å². The Morgan fingerprint density at radius 1 is 1.05 bits per heavy atom. The zero-order valence-electron chi connectivity index (χ0n) is 23.3. The Hall–Kier alpha value is -4.94. The first-order chi connectivity index (χ1) is 20.4. The molecule has 0 amide bonds. The lowest BCUT2D eigenvalue weighted by Crippen LogP contribution is -2.56. The number of rotatable bonds is 8. The molecule has 1 saturated heterocycles. The van der Waals surface area contributed by atoms with E-state index in [1.165, 1.54) is 6.07 Å². The van der Waals surface area contributed by atoms with E-state index in [0.29, 0.717) is 17.8 Å². The second-order valence-corrected chi connectivity index (χ2v) is 10.9. The van der Waals surface area contributed by atoms with Gasteiger partial charge in [-0.1, -0.05) is 0 Å². The van der Waals surface area contributed by atoms with E-state index >= 15 is 0 Å². The van der Waals surface area contributed by atoms with E-state index in [1.54, 1.807) is 30.9 Å². The second kappa shape index (κ2) is 10.5. The first-order valence-electron chi connectivity index (χ1n) is 13.8. The zero-order valence-corrected chi connectivity index (χ0v) is 23.3. The number of hydrogen-bond donors (Lipinski definition) is 4. The number of nitrogens with zero attached hydrogens (tertiary/aromatic N) is 7. The zero-order chi connectivity index (χ0) is 28.8. The summed E-state index contributed by atoms with van der Waals surface area (Å²) in [6.45, 7) is 3.08. The molecule has 5 N–H and O–H groups in total. The van der Waals surface area contributed by atoms with Crippen molar-refractivity contribution in [3.8, 4) is 33.8 Å². The molecule has 0 atom stereocenters. The van der Waals surface area contributed by atoms with E-state index in [0.717, 1.165) is 75.7 Å². The standard InChI is InChI=1S/C30H30FN11/c1-41(2)6-5-34-21-8-17(7-19(31)10-21)22-3-4-35-29-23(22)11-25(38-29)28-24-9-18(12-36-30(24)40-39-28)26-13-33-14-27(37-26)42-15-20(32)16-42/h3-4,7-14,20,34H,5-6,15-16,32H2,1-2H3,(H,35,38)(H,36,39,40). The number of pyridine rings is 2. The lowest BCUT2D eigenvalue weighted by Gasteiger charge is -2.37. The molecular formula is C30H30FN11. The first-order valence-corrected chi connectivity index (χ1v) is 13.8. The fourth-order valence-corrected chi connectivity index (χ4v) is 5.28. The van der Waals surface area contributed by atoms with E-state index in [2.05, 4.69) is 45.2 Å². The largest absolute Gasteiger partial charge is 0.384 e. The summed E-state index contributed by atoms with van der Waals surface area (Å²) in [6.07, 6.45) is 6.96. The van der Waals surface area contributed by atoms with E-state index in [1.807, 2.05) is 38.4 Å². The molecule has 11 nitrogen and oxygen atoms in total. The fraction of sp³-hybridized carbons (Fsp3) is 0.233. The Bertz CT molecular complexity index is 1900. The van der Waals surface area contributed by atoms with E-state index in [9.17, 15) is 4.39 Å². The van der Waals surface area contributed by atoms with Gasteiger partial charge in [-0.25, -0.2) is 19.3 Å². The van der Waals surface area contributed by atoms with Crippen LogP contribution in [0.1, 0.15) is 0 Å². The Balaban J connectivity index is 1.24. The molecule has 0 bridgehead atoms. The SMILES string of the molecule is CN(C)CCNc1cc(F)cc(-c2ccnc3[nH]c(-c4[nH]nc5ncc(-c6cncc(N7CC(N)C7)n6)cc45)cc23)c1. The molecule has 1 fully saturated rings. The number of fused-ring (bicyclic) bond motifs is 2. The molecule has 12 heteroatoms. The van der Waals surface area contributed by atoms with Gasteiger partial charge in [0.15, 0.2) is 5.65 Å². The van der Waals surface area contributed by atoms with Crippen LogP contribution < -0.4 is 16.0 Å². The molecule has 0 unspecified atom stereocenters. The van der Waals surface area contributed by atoms with Crippen molar-refractivity contribution in [3.63, 3.8) is 0 Å². The molecular weight excluding hydrogens is 533 g/mol. The van der Waals surface area contributed by atoms with Crippen LogP contribution in [0.25, 0.3) is 55.8 Å². The summed E-state index contributed by atoms with van der Waals surface area (Å²) in [5.74, 6) is 0.493. The molecule has 42 heavy (non-hydrogen) atoms. The Kier molecular flexibility index (Phi) is 6.48. The van der Waals surface area contributed by atoms with Gasteiger partial charge in [0, 0.05) is 66.6 Å². The molecule has 7 rings (SSSR count). The summed E-state index contributed by atoms with van der Waals surface area (Å²) < 4.78 is 14.7. The van der Waals surface area contributed by atoms with Crippen LogP contribution in [-0.2, 0) is 0 Å². The van der Waals surface area contributed by atoms with Crippen molar-refractivity contribution in [1.29, 1.82) is 0 Å². The molecule has 0 radical (unpaired) electrons. The smallest absolute Gasteiger partial charge is 0.181 e. The molecule has 0 aliphatic carbocycles. The number of hydrogen-bond acceptors (Lipinski definition) is 9. The van der Waals surface area contributed by atoms with Crippen LogP contribution in [-0.4, -0.2) is 86.3 Å². The highest BCUT2D eigenvalue weighted by atomic mass is 19.1. The maximum atomic E-state index is 14.7. The van der Waals surface area contributed by atoms with Crippen LogP contribution in [0.3, 0.4) is 0 Å². The van der Waals surface area contributed by atoms with Crippen molar-refractivity contribution in [3.05, 3.63) is 67.0 Å². The van der Waals surface area contributed by atoms with Gasteiger partial charge in [-0.2, -0.15) is 5.10 Å². The highest BCUT2D eigenvalue weighted by molar-refractivity contribution is 6.00. The van der Waals surface area contributed by atoms with Crippen molar-refractivity contribution in [1.82, 2.24) is 40.0 Å². The minimum Gasteiger partial charge on any atom is -0.384 e. The average molecular weight is 564 g/mol. The number of anilines is 2. The highest BCUT2D eigenvalue weighted by Crippen LogP contribution is 2.35. The van der Waals surface area contributed by atoms with Crippen LogP contribution in [0.2, 0.25) is 0 Å². The summed E-state index contributed by atoms with van der Waals surface area (Å²) in [7, 11) is 4.01. The van der Waals surface area contributed by atoms with Gasteiger partial charge in [0.05, 0.1) is 29.5 Å². The number of nitrogens with two attached hydrogens (primary N) is 1. The average Bonchev–Trinajstić information content (AvgIpc) is 3.59. The monoisotopic (exact) mass is 563 g/mol. The molecule has 6 heterocycles. The lowest BCUT2D eigenvalue weighted by atomic mass is 10.0. The number of aromatic amines is 2. The molecule has 212 valence electrons. The van der Waals surface area contributed by atoms with Crippen LogP contribution >= 0.6 is 0 Å². The minimum atomic E-state index is -0.303. The molecule has 0 spiro atoms. The summed E-state index contributed by atoms with van der Waals surface area (Å²) in [5.41, 5.74) is 12.7. The van der Waals surface area contributed by atoms with Gasteiger partial charge in [0.25, 0.3) is 0 Å². The predicted octanol–water partition coefficient (Wildman–Crippen LogP) is 3.89. The normalized spacial score (nSPS) is 13.8. The maximum absolute atomic E-state index is 14.7. The van der Waals surface area contributed by atoms with Gasteiger partial charge in [-0.05, 0) is 61.6 Å². The topological polar surface area (TPSA) is 141 Å². The molecule has 6 aromatic rings. The van der Waals surface area contributed by atoms with E-state index in [-0.39, 0.29) is 11.9 Å². The van der Waals surface area contributed by atoms with Crippen molar-refractivity contribution < 1.29 is 4.39 Å². The second-order valence-electron chi connectivity index (χ2n) is 10.9. The first kappa shape index (κ1) is 26.0. The van der Waals surface area contributed by atoms with Gasteiger partial charge in [0.1, 0.15) is 17.3 Å². The Morgan fingerprint density at radius 2 is 1.93 bits per heavy atom. The van der Waals surface area contributed by atoms with Gasteiger partial charge in [0.2, 0.25) is 0 Å². The molecule has 1 aliphatic rings. The number of H-pyrrole nitrogens is 2. The summed E-state index contributed by atoms with van der Waals surface area (Å²) in [5, 5.41) is 12.6. The van der Waals surface area contributed by atoms with Crippen LogP contribution in [0.4, 0.5) is 15.9 Å². The van der Waals surface area contributed by atoms with Gasteiger partial charge in [-0.3, -0.25) is 10.1 Å². The third-order valence-electron chi connectivity index (χ3n) is 7.46. The third kappa shape index (κ3) is 4.91. The number of likely N-dealkylation sites (N-methyl/N-ethyl adjacent to an activating group) is 1. The summed E-state index contributed by atoms with van der Waals surface area (Å²) >= 11 is 0. The molecule has 0 saturated carbocycles. The molecule has 1 aliphatic heterocycles. The Morgan fingerprint density at radius 3 is 2.76 bits per heavy atom. The maximum Gasteiger partial charge on any atom is 0.181 e. The van der Waals surface area contributed by atoms with Crippen molar-refractivity contribution in [2.45, 2.75) is 6.04 Å². The fourth-order valence-electron chi connectivity index (χ4n) is 5.28. The molecule has 5 aromatic heterocycles. The number of aromatic nitrogens is 7. The number of benzene rings is 1. The number of halogens is 1. The third-order valence-corrected chi connectivity index (χ3v) is 7.46.